The molecular weight excluding hydrogens is 442 g/mol. The lowest BCUT2D eigenvalue weighted by Crippen LogP contribution is -2.40. The lowest BCUT2D eigenvalue weighted by molar-refractivity contribution is -0.122. The highest BCUT2D eigenvalue weighted by atomic mass is 16.5. The van der Waals surface area contributed by atoms with Gasteiger partial charge in [0.2, 0.25) is 5.91 Å². The zero-order valence-corrected chi connectivity index (χ0v) is 20.5. The molecule has 2 amide bonds. The number of carbonyl (C=O) groups excluding carboxylic acids is 2. The van der Waals surface area contributed by atoms with Crippen molar-refractivity contribution in [3.8, 4) is 5.75 Å². The molecule has 2 aliphatic rings. The summed E-state index contributed by atoms with van der Waals surface area (Å²) in [6, 6.07) is 15.8. The molecule has 7 nitrogen and oxygen atoms in total. The normalized spacial score (nSPS) is 18.9. The first-order valence-electron chi connectivity index (χ1n) is 12.8. The maximum atomic E-state index is 13.6. The van der Waals surface area contributed by atoms with Crippen LogP contribution in [0.3, 0.4) is 0 Å². The zero-order valence-electron chi connectivity index (χ0n) is 20.5. The molecule has 1 saturated heterocycles. The van der Waals surface area contributed by atoms with Gasteiger partial charge in [0.25, 0.3) is 5.91 Å². The molecule has 7 heteroatoms. The van der Waals surface area contributed by atoms with Crippen LogP contribution in [0.2, 0.25) is 0 Å². The fourth-order valence-corrected chi connectivity index (χ4v) is 4.86. The Morgan fingerprint density at radius 3 is 2.57 bits per heavy atom. The van der Waals surface area contributed by atoms with E-state index in [0.29, 0.717) is 44.9 Å². The highest BCUT2D eigenvalue weighted by Gasteiger charge is 2.27. The smallest absolute Gasteiger partial charge is 0.254 e. The fourth-order valence-electron chi connectivity index (χ4n) is 4.86. The third kappa shape index (κ3) is 7.05. The molecule has 35 heavy (non-hydrogen) atoms. The van der Waals surface area contributed by atoms with E-state index in [1.54, 1.807) is 0 Å². The maximum Gasteiger partial charge on any atom is 0.254 e. The number of likely N-dealkylation sites (tertiary alicyclic amines) is 1. The topological polar surface area (TPSA) is 82.1 Å². The minimum absolute atomic E-state index is 0.00229. The van der Waals surface area contributed by atoms with Gasteiger partial charge in [-0.3, -0.25) is 14.5 Å². The summed E-state index contributed by atoms with van der Waals surface area (Å²) < 4.78 is 6.20. The second kappa shape index (κ2) is 12.7. The standard InChI is InChI=1S/C28H37N3O4/c32-21-23-12-15-31(16-13-23)28(34)24-10-7-11-26-25(24)19-30(18-22-8-3-1-4-9-22)20-27(33)29-14-5-2-6-17-35-26/h1,3-4,7-11,23,32H,2,5-6,12-21H2,(H,29,33). The molecule has 2 heterocycles. The first-order valence-corrected chi connectivity index (χ1v) is 12.8. The minimum Gasteiger partial charge on any atom is -0.493 e. The average Bonchev–Trinajstić information content (AvgIpc) is 2.90. The van der Waals surface area contributed by atoms with E-state index in [1.165, 1.54) is 0 Å². The second-order valence-electron chi connectivity index (χ2n) is 9.59. The molecular formula is C28H37N3O4. The number of aliphatic hydroxyl groups excluding tert-OH is 1. The average molecular weight is 480 g/mol. The van der Waals surface area contributed by atoms with E-state index < -0.39 is 0 Å². The summed E-state index contributed by atoms with van der Waals surface area (Å²) in [4.78, 5) is 30.3. The number of amides is 2. The van der Waals surface area contributed by atoms with E-state index in [9.17, 15) is 14.7 Å². The largest absolute Gasteiger partial charge is 0.493 e. The molecule has 0 spiro atoms. The number of aliphatic hydroxyl groups is 1. The van der Waals surface area contributed by atoms with Gasteiger partial charge >= 0.3 is 0 Å². The number of hydrogen-bond acceptors (Lipinski definition) is 5. The van der Waals surface area contributed by atoms with Gasteiger partial charge in [-0.05, 0) is 55.7 Å². The van der Waals surface area contributed by atoms with Crippen molar-refractivity contribution in [1.29, 1.82) is 0 Å². The summed E-state index contributed by atoms with van der Waals surface area (Å²) >= 11 is 0. The van der Waals surface area contributed by atoms with E-state index in [1.807, 2.05) is 41.3 Å². The van der Waals surface area contributed by atoms with Gasteiger partial charge in [-0.15, -0.1) is 0 Å². The number of rotatable bonds is 4. The monoisotopic (exact) mass is 479 g/mol. The van der Waals surface area contributed by atoms with Gasteiger partial charge in [0.15, 0.2) is 0 Å². The Morgan fingerprint density at radius 1 is 1.00 bits per heavy atom. The summed E-state index contributed by atoms with van der Waals surface area (Å²) in [6.45, 7) is 3.99. The van der Waals surface area contributed by atoms with Crippen LogP contribution in [0.25, 0.3) is 0 Å². The van der Waals surface area contributed by atoms with Gasteiger partial charge in [0.05, 0.1) is 13.2 Å². The van der Waals surface area contributed by atoms with Crippen LogP contribution in [0.5, 0.6) is 5.75 Å². The summed E-state index contributed by atoms with van der Waals surface area (Å²) in [7, 11) is 0. The van der Waals surface area contributed by atoms with Crippen LogP contribution >= 0.6 is 0 Å². The van der Waals surface area contributed by atoms with Crippen molar-refractivity contribution in [2.24, 2.45) is 5.92 Å². The minimum atomic E-state index is -0.00438. The van der Waals surface area contributed by atoms with Crippen molar-refractivity contribution >= 4 is 11.8 Å². The lowest BCUT2D eigenvalue weighted by atomic mass is 9.96. The number of nitrogens with one attached hydrogen (secondary N) is 1. The Hall–Kier alpha value is -2.90. The summed E-state index contributed by atoms with van der Waals surface area (Å²) in [5.41, 5.74) is 2.59. The van der Waals surface area contributed by atoms with Crippen LogP contribution in [0.1, 0.15) is 53.6 Å². The third-order valence-electron chi connectivity index (χ3n) is 6.92. The summed E-state index contributed by atoms with van der Waals surface area (Å²) in [5.74, 6) is 0.981. The van der Waals surface area contributed by atoms with E-state index in [2.05, 4.69) is 22.3 Å². The molecule has 0 atom stereocenters. The fraction of sp³-hybridized carbons (Fsp3) is 0.500. The molecule has 1 fully saturated rings. The molecule has 0 bridgehead atoms. The van der Waals surface area contributed by atoms with Crippen molar-refractivity contribution in [2.45, 2.75) is 45.2 Å². The van der Waals surface area contributed by atoms with Gasteiger partial charge in [-0.25, -0.2) is 0 Å². The number of carbonyl (C=O) groups is 2. The predicted octanol–water partition coefficient (Wildman–Crippen LogP) is 3.21. The molecule has 0 unspecified atom stereocenters. The molecule has 0 aliphatic carbocycles. The SMILES string of the molecule is O=C1CN(Cc2ccccc2)Cc2c(cccc2C(=O)N2CCC(CO)CC2)OCCCCCN1. The van der Waals surface area contributed by atoms with Crippen LogP contribution in [-0.4, -0.2) is 66.1 Å². The third-order valence-corrected chi connectivity index (χ3v) is 6.92. The van der Waals surface area contributed by atoms with E-state index >= 15 is 0 Å². The number of ether oxygens (including phenoxy) is 1. The molecule has 0 radical (unpaired) electrons. The first kappa shape index (κ1) is 25.2. The van der Waals surface area contributed by atoms with E-state index in [-0.39, 0.29) is 30.9 Å². The van der Waals surface area contributed by atoms with Crippen molar-refractivity contribution in [3.63, 3.8) is 0 Å². The Labute approximate surface area is 208 Å². The van der Waals surface area contributed by atoms with E-state index in [0.717, 1.165) is 49.0 Å². The molecule has 4 rings (SSSR count). The number of nitrogens with zero attached hydrogens (tertiary/aromatic N) is 2. The van der Waals surface area contributed by atoms with Gasteiger partial charge < -0.3 is 20.1 Å². The number of fused-ring (bicyclic) bond motifs is 1. The zero-order chi connectivity index (χ0) is 24.5. The van der Waals surface area contributed by atoms with Crippen molar-refractivity contribution < 1.29 is 19.4 Å². The summed E-state index contributed by atoms with van der Waals surface area (Å²) in [5, 5.41) is 12.5. The number of benzene rings is 2. The second-order valence-corrected chi connectivity index (χ2v) is 9.59. The van der Waals surface area contributed by atoms with Crippen LogP contribution in [-0.2, 0) is 17.9 Å². The van der Waals surface area contributed by atoms with Crippen molar-refractivity contribution in [3.05, 3.63) is 65.2 Å². The predicted molar refractivity (Wildman–Crippen MR) is 135 cm³/mol. The quantitative estimate of drug-likeness (QED) is 0.704. The lowest BCUT2D eigenvalue weighted by Gasteiger charge is -2.32. The van der Waals surface area contributed by atoms with Gasteiger partial charge in [-0.2, -0.15) is 0 Å². The maximum absolute atomic E-state index is 13.6. The molecule has 2 N–H and O–H groups in total. The van der Waals surface area contributed by atoms with Gasteiger partial charge in [-0.1, -0.05) is 36.4 Å². The van der Waals surface area contributed by atoms with Crippen molar-refractivity contribution in [2.75, 3.05) is 39.4 Å². The molecule has 0 aromatic heterocycles. The highest BCUT2D eigenvalue weighted by molar-refractivity contribution is 5.96. The number of hydrogen-bond donors (Lipinski definition) is 2. The van der Waals surface area contributed by atoms with Gasteiger partial charge in [0.1, 0.15) is 5.75 Å². The van der Waals surface area contributed by atoms with Gasteiger partial charge in [0, 0.05) is 50.5 Å². The molecule has 2 aromatic carbocycles. The molecule has 2 aromatic rings. The first-order chi connectivity index (χ1) is 17.1. The number of piperidine rings is 1. The van der Waals surface area contributed by atoms with Crippen LogP contribution in [0.15, 0.2) is 48.5 Å². The van der Waals surface area contributed by atoms with Crippen LogP contribution in [0.4, 0.5) is 0 Å². The Morgan fingerprint density at radius 2 is 1.80 bits per heavy atom. The summed E-state index contributed by atoms with van der Waals surface area (Å²) in [6.07, 6.45) is 4.42. The van der Waals surface area contributed by atoms with E-state index in [4.69, 9.17) is 4.74 Å². The molecule has 0 saturated carbocycles. The highest BCUT2D eigenvalue weighted by Crippen LogP contribution is 2.28. The molecule has 188 valence electrons. The van der Waals surface area contributed by atoms with Crippen LogP contribution < -0.4 is 10.1 Å². The van der Waals surface area contributed by atoms with Crippen molar-refractivity contribution in [1.82, 2.24) is 15.1 Å². The Balaban J connectivity index is 1.63. The Bertz CT molecular complexity index is 973. The Kier molecular flexibility index (Phi) is 9.15. The molecule has 2 aliphatic heterocycles. The van der Waals surface area contributed by atoms with Crippen LogP contribution in [0, 0.1) is 5.92 Å².